The topological polar surface area (TPSA) is 0 Å². The van der Waals surface area contributed by atoms with Crippen LogP contribution in [0.25, 0.3) is 98.4 Å². The summed E-state index contributed by atoms with van der Waals surface area (Å²) < 4.78 is 0. The summed E-state index contributed by atoms with van der Waals surface area (Å²) in [6, 6.07) is 71.3. The summed E-state index contributed by atoms with van der Waals surface area (Å²) in [6.45, 7) is 0. The average Bonchev–Trinajstić information content (AvgIpc) is 3.19. The molecular weight excluding hydrogens is 601 g/mol. The molecule has 0 amide bonds. The van der Waals surface area contributed by atoms with Gasteiger partial charge in [-0.2, -0.15) is 0 Å². The molecule has 10 aromatic carbocycles. The van der Waals surface area contributed by atoms with Crippen molar-refractivity contribution >= 4 is 53.9 Å². The minimum atomic E-state index is 1.22. The lowest BCUT2D eigenvalue weighted by Crippen LogP contribution is -1.93. The van der Waals surface area contributed by atoms with E-state index in [1.807, 2.05) is 0 Å². The molecule has 10 rings (SSSR count). The van der Waals surface area contributed by atoms with E-state index in [9.17, 15) is 0 Å². The van der Waals surface area contributed by atoms with Gasteiger partial charge in [-0.15, -0.1) is 0 Å². The first kappa shape index (κ1) is 28.5. The molecule has 0 aliphatic heterocycles. The monoisotopic (exact) mass is 632 g/mol. The molecular formula is C50H32. The van der Waals surface area contributed by atoms with Crippen LogP contribution in [0.2, 0.25) is 0 Å². The quantitative estimate of drug-likeness (QED) is 0.169. The zero-order chi connectivity index (χ0) is 33.0. The van der Waals surface area contributed by atoms with Gasteiger partial charge in [-0.3, -0.25) is 0 Å². The fourth-order valence-corrected chi connectivity index (χ4v) is 8.25. The number of rotatable bonds is 4. The summed E-state index contributed by atoms with van der Waals surface area (Å²) in [5.74, 6) is 0. The molecule has 50 heavy (non-hydrogen) atoms. The van der Waals surface area contributed by atoms with E-state index >= 15 is 0 Å². The summed E-state index contributed by atoms with van der Waals surface area (Å²) >= 11 is 0. The normalized spacial score (nSPS) is 11.6. The van der Waals surface area contributed by atoms with Crippen LogP contribution in [0, 0.1) is 0 Å². The van der Waals surface area contributed by atoms with Crippen LogP contribution in [0.1, 0.15) is 0 Å². The second-order valence-corrected chi connectivity index (χ2v) is 13.2. The van der Waals surface area contributed by atoms with Gasteiger partial charge in [-0.05, 0) is 111 Å². The lowest BCUT2D eigenvalue weighted by molar-refractivity contribution is 1.63. The molecule has 0 aliphatic carbocycles. The van der Waals surface area contributed by atoms with Crippen molar-refractivity contribution < 1.29 is 0 Å². The largest absolute Gasteiger partial charge is 0.0622 e. The van der Waals surface area contributed by atoms with Gasteiger partial charge in [0.2, 0.25) is 0 Å². The minimum Gasteiger partial charge on any atom is -0.0622 e. The summed E-state index contributed by atoms with van der Waals surface area (Å²) in [4.78, 5) is 0. The maximum Gasteiger partial charge on any atom is -0.00199 e. The van der Waals surface area contributed by atoms with Crippen LogP contribution in [0.4, 0.5) is 0 Å². The van der Waals surface area contributed by atoms with Gasteiger partial charge in [-0.1, -0.05) is 182 Å². The number of fused-ring (bicyclic) bond motifs is 5. The summed E-state index contributed by atoms with van der Waals surface area (Å²) in [5, 5.41) is 12.6. The molecule has 0 heterocycles. The molecule has 0 saturated carbocycles. The van der Waals surface area contributed by atoms with E-state index in [4.69, 9.17) is 0 Å². The lowest BCUT2D eigenvalue weighted by Gasteiger charge is -2.20. The van der Waals surface area contributed by atoms with Crippen LogP contribution in [-0.2, 0) is 0 Å². The van der Waals surface area contributed by atoms with Gasteiger partial charge in [0.15, 0.2) is 0 Å². The Morgan fingerprint density at radius 2 is 0.620 bits per heavy atom. The Morgan fingerprint density at radius 3 is 1.22 bits per heavy atom. The Bertz CT molecular complexity index is 2850. The Balaban J connectivity index is 1.30. The average molecular weight is 633 g/mol. The molecule has 0 N–H and O–H groups in total. The smallest absolute Gasteiger partial charge is 0.00199 e. The molecule has 0 atom stereocenters. The van der Waals surface area contributed by atoms with E-state index in [1.165, 1.54) is 98.4 Å². The first-order valence-corrected chi connectivity index (χ1v) is 17.4. The highest BCUT2D eigenvalue weighted by molar-refractivity contribution is 6.25. The molecule has 0 radical (unpaired) electrons. The molecule has 0 spiro atoms. The van der Waals surface area contributed by atoms with Crippen LogP contribution >= 0.6 is 0 Å². The van der Waals surface area contributed by atoms with Gasteiger partial charge < -0.3 is 0 Å². The number of hydrogen-bond acceptors (Lipinski definition) is 0. The lowest BCUT2D eigenvalue weighted by atomic mass is 9.82. The van der Waals surface area contributed by atoms with E-state index in [1.54, 1.807) is 0 Å². The first-order valence-electron chi connectivity index (χ1n) is 17.4. The van der Waals surface area contributed by atoms with E-state index < -0.39 is 0 Å². The molecule has 0 fully saturated rings. The molecule has 0 aliphatic rings. The molecule has 0 unspecified atom stereocenters. The van der Waals surface area contributed by atoms with Crippen molar-refractivity contribution in [2.24, 2.45) is 0 Å². The first-order chi connectivity index (χ1) is 24.8. The highest BCUT2D eigenvalue weighted by atomic mass is 14.2. The van der Waals surface area contributed by atoms with Gasteiger partial charge in [0.05, 0.1) is 0 Å². The molecule has 10 aromatic rings. The van der Waals surface area contributed by atoms with Crippen LogP contribution in [0.15, 0.2) is 194 Å². The van der Waals surface area contributed by atoms with E-state index in [0.717, 1.165) is 0 Å². The fourth-order valence-electron chi connectivity index (χ4n) is 8.25. The minimum absolute atomic E-state index is 1.22. The summed E-state index contributed by atoms with van der Waals surface area (Å²) in [7, 11) is 0. The second-order valence-electron chi connectivity index (χ2n) is 13.2. The zero-order valence-corrected chi connectivity index (χ0v) is 27.5. The fraction of sp³-hybridized carbons (Fsp3) is 0. The molecule has 0 nitrogen and oxygen atoms in total. The van der Waals surface area contributed by atoms with Crippen molar-refractivity contribution in [1.82, 2.24) is 0 Å². The summed E-state index contributed by atoms with van der Waals surface area (Å²) in [6.07, 6.45) is 0. The van der Waals surface area contributed by atoms with E-state index in [0.29, 0.717) is 0 Å². The third kappa shape index (κ3) is 4.46. The molecule has 0 bridgehead atoms. The number of benzene rings is 10. The molecule has 0 heteroatoms. The van der Waals surface area contributed by atoms with Gasteiger partial charge in [0, 0.05) is 0 Å². The van der Waals surface area contributed by atoms with Crippen LogP contribution in [0.5, 0.6) is 0 Å². The van der Waals surface area contributed by atoms with Gasteiger partial charge in [0.25, 0.3) is 0 Å². The van der Waals surface area contributed by atoms with Crippen molar-refractivity contribution in [2.45, 2.75) is 0 Å². The van der Waals surface area contributed by atoms with Gasteiger partial charge >= 0.3 is 0 Å². The van der Waals surface area contributed by atoms with Crippen molar-refractivity contribution in [3.8, 4) is 44.5 Å². The summed E-state index contributed by atoms with van der Waals surface area (Å²) in [5.41, 5.74) is 10.1. The van der Waals surface area contributed by atoms with Crippen molar-refractivity contribution in [3.63, 3.8) is 0 Å². The standard InChI is InChI=1S/C50H32/c1-2-15-33(16-3-1)39-29-30-40(42-23-9-8-22-41(39)42)36-31-35-18-5-7-21-38(35)48(32-36)50-46-26-12-10-24-44(46)49(45-25-11-13-27-47(45)50)43-28-14-19-34-17-4-6-20-37(34)43/h1-32H. The Kier molecular flexibility index (Phi) is 6.60. The number of hydrogen-bond donors (Lipinski definition) is 0. The van der Waals surface area contributed by atoms with Crippen molar-refractivity contribution in [2.75, 3.05) is 0 Å². The predicted octanol–water partition coefficient (Wildman–Crippen LogP) is 14.1. The molecule has 232 valence electrons. The van der Waals surface area contributed by atoms with E-state index in [2.05, 4.69) is 194 Å². The molecule has 0 saturated heterocycles. The van der Waals surface area contributed by atoms with Crippen molar-refractivity contribution in [1.29, 1.82) is 0 Å². The highest BCUT2D eigenvalue weighted by Crippen LogP contribution is 2.48. The molecule has 0 aromatic heterocycles. The van der Waals surface area contributed by atoms with Crippen molar-refractivity contribution in [3.05, 3.63) is 194 Å². The SMILES string of the molecule is c1ccc(-c2ccc(-c3cc(-c4c5ccccc5c(-c5cccc6ccccc56)c5ccccc45)c4ccccc4c3)c3ccccc23)cc1. The third-order valence-electron chi connectivity index (χ3n) is 10.4. The van der Waals surface area contributed by atoms with Gasteiger partial charge in [-0.25, -0.2) is 0 Å². The predicted molar refractivity (Wildman–Crippen MR) is 216 cm³/mol. The Hall–Kier alpha value is -6.50. The maximum atomic E-state index is 2.44. The second kappa shape index (κ2) is 11.6. The van der Waals surface area contributed by atoms with Crippen LogP contribution < -0.4 is 0 Å². The third-order valence-corrected chi connectivity index (χ3v) is 10.4. The van der Waals surface area contributed by atoms with E-state index in [-0.39, 0.29) is 0 Å². The zero-order valence-electron chi connectivity index (χ0n) is 27.5. The van der Waals surface area contributed by atoms with Crippen LogP contribution in [0.3, 0.4) is 0 Å². The van der Waals surface area contributed by atoms with Gasteiger partial charge in [0.1, 0.15) is 0 Å². The Labute approximate surface area is 291 Å². The Morgan fingerprint density at radius 1 is 0.200 bits per heavy atom. The van der Waals surface area contributed by atoms with Crippen LogP contribution in [-0.4, -0.2) is 0 Å². The maximum absolute atomic E-state index is 2.44. The highest BCUT2D eigenvalue weighted by Gasteiger charge is 2.20.